The third-order valence-corrected chi connectivity index (χ3v) is 4.82. The number of hydrogen-bond acceptors (Lipinski definition) is 5. The Morgan fingerprint density at radius 1 is 1.55 bits per heavy atom. The molecule has 0 amide bonds. The molecule has 0 bridgehead atoms. The maximum atomic E-state index is 11.2. The van der Waals surface area contributed by atoms with Gasteiger partial charge in [-0.3, -0.25) is 9.69 Å². The Kier molecular flexibility index (Phi) is 4.40. The maximum Gasteiger partial charge on any atom is 0.320 e. The van der Waals surface area contributed by atoms with Gasteiger partial charge < -0.3 is 9.84 Å². The number of nitrogens with zero attached hydrogens (tertiary/aromatic N) is 2. The summed E-state index contributed by atoms with van der Waals surface area (Å²) in [6, 6.07) is 7.43. The van der Waals surface area contributed by atoms with Crippen LogP contribution >= 0.6 is 11.3 Å². The molecule has 0 aliphatic carbocycles. The van der Waals surface area contributed by atoms with E-state index in [0.29, 0.717) is 6.54 Å². The van der Waals surface area contributed by atoms with Gasteiger partial charge in [-0.1, -0.05) is 12.1 Å². The molecule has 6 heteroatoms. The minimum absolute atomic E-state index is 0.373. The first-order valence-electron chi connectivity index (χ1n) is 7.23. The largest absolute Gasteiger partial charge is 0.497 e. The van der Waals surface area contributed by atoms with Crippen LogP contribution in [0.25, 0.3) is 10.6 Å². The normalized spacial score (nSPS) is 18.5. The van der Waals surface area contributed by atoms with E-state index in [-0.39, 0.29) is 6.04 Å². The lowest BCUT2D eigenvalue weighted by atomic mass is 10.2. The second-order valence-electron chi connectivity index (χ2n) is 5.34. The van der Waals surface area contributed by atoms with E-state index < -0.39 is 5.97 Å². The molecule has 0 radical (unpaired) electrons. The summed E-state index contributed by atoms with van der Waals surface area (Å²) in [6.45, 7) is 1.42. The fourth-order valence-corrected chi connectivity index (χ4v) is 3.58. The van der Waals surface area contributed by atoms with Crippen LogP contribution in [0.2, 0.25) is 0 Å². The lowest BCUT2D eigenvalue weighted by Crippen LogP contribution is -2.35. The van der Waals surface area contributed by atoms with Crippen LogP contribution in [0, 0.1) is 0 Å². The highest BCUT2D eigenvalue weighted by Crippen LogP contribution is 2.28. The maximum absolute atomic E-state index is 11.2. The molecule has 1 aromatic heterocycles. The van der Waals surface area contributed by atoms with Gasteiger partial charge in [-0.2, -0.15) is 0 Å². The highest BCUT2D eigenvalue weighted by Gasteiger charge is 2.30. The number of carboxylic acids is 1. The van der Waals surface area contributed by atoms with Crippen LogP contribution in [0.15, 0.2) is 29.6 Å². The fraction of sp³-hybridized carbons (Fsp3) is 0.375. The number of hydrogen-bond donors (Lipinski definition) is 1. The van der Waals surface area contributed by atoms with Crippen molar-refractivity contribution >= 4 is 17.3 Å². The second kappa shape index (κ2) is 6.46. The van der Waals surface area contributed by atoms with Crippen LogP contribution in [0.5, 0.6) is 5.75 Å². The first-order chi connectivity index (χ1) is 10.7. The van der Waals surface area contributed by atoms with Crippen molar-refractivity contribution in [2.75, 3.05) is 13.7 Å². The van der Waals surface area contributed by atoms with Gasteiger partial charge in [0.2, 0.25) is 0 Å². The van der Waals surface area contributed by atoms with Crippen LogP contribution in [-0.2, 0) is 11.3 Å². The van der Waals surface area contributed by atoms with Crippen LogP contribution in [0.1, 0.15) is 18.5 Å². The number of benzene rings is 1. The first kappa shape index (κ1) is 15.0. The number of carbonyl (C=O) groups is 1. The molecule has 116 valence electrons. The van der Waals surface area contributed by atoms with Gasteiger partial charge >= 0.3 is 5.97 Å². The number of methoxy groups -OCH3 is 1. The molecule has 3 rings (SSSR count). The van der Waals surface area contributed by atoms with Crippen molar-refractivity contribution in [3.05, 3.63) is 35.3 Å². The standard InChI is InChI=1S/C16H18N2O3S/c1-21-13-5-2-4-11(8-13)15-17-12(10-22-15)9-18-7-3-6-14(18)16(19)20/h2,4-5,8,10,14H,3,6-7,9H2,1H3,(H,19,20). The number of aliphatic carboxylic acids is 1. The molecule has 1 unspecified atom stereocenters. The van der Waals surface area contributed by atoms with Gasteiger partial charge in [-0.25, -0.2) is 4.98 Å². The Hall–Kier alpha value is -1.92. The van der Waals surface area contributed by atoms with Crippen LogP contribution in [-0.4, -0.2) is 40.7 Å². The van der Waals surface area contributed by atoms with E-state index in [1.54, 1.807) is 18.4 Å². The quantitative estimate of drug-likeness (QED) is 0.918. The molecule has 1 aliphatic rings. The van der Waals surface area contributed by atoms with Crippen molar-refractivity contribution in [3.63, 3.8) is 0 Å². The molecule has 2 heterocycles. The molecular weight excluding hydrogens is 300 g/mol. The summed E-state index contributed by atoms with van der Waals surface area (Å²) in [5.74, 6) is 0.0699. The summed E-state index contributed by atoms with van der Waals surface area (Å²) in [6.07, 6.45) is 1.66. The lowest BCUT2D eigenvalue weighted by Gasteiger charge is -2.19. The predicted molar refractivity (Wildman–Crippen MR) is 85.2 cm³/mol. The molecule has 0 saturated carbocycles. The summed E-state index contributed by atoms with van der Waals surface area (Å²) >= 11 is 1.57. The number of ether oxygens (including phenoxy) is 1. The fourth-order valence-electron chi connectivity index (χ4n) is 2.77. The molecule has 1 fully saturated rings. The number of likely N-dealkylation sites (tertiary alicyclic amines) is 1. The van der Waals surface area contributed by atoms with Gasteiger partial charge in [0.05, 0.1) is 12.8 Å². The summed E-state index contributed by atoms with van der Waals surface area (Å²) in [5.41, 5.74) is 1.95. The Labute approximate surface area is 133 Å². The van der Waals surface area contributed by atoms with Crippen LogP contribution < -0.4 is 4.74 Å². The van der Waals surface area contributed by atoms with E-state index in [0.717, 1.165) is 41.4 Å². The lowest BCUT2D eigenvalue weighted by molar-refractivity contribution is -0.142. The first-order valence-corrected chi connectivity index (χ1v) is 8.11. The van der Waals surface area contributed by atoms with Crippen molar-refractivity contribution in [2.45, 2.75) is 25.4 Å². The van der Waals surface area contributed by atoms with E-state index in [4.69, 9.17) is 4.74 Å². The van der Waals surface area contributed by atoms with Crippen molar-refractivity contribution in [1.82, 2.24) is 9.88 Å². The third kappa shape index (κ3) is 3.13. The molecular formula is C16H18N2O3S. The molecule has 1 N–H and O–H groups in total. The Balaban J connectivity index is 1.75. The third-order valence-electron chi connectivity index (χ3n) is 3.88. The summed E-state index contributed by atoms with van der Waals surface area (Å²) in [4.78, 5) is 17.9. The number of rotatable bonds is 5. The zero-order chi connectivity index (χ0) is 15.5. The Morgan fingerprint density at radius 2 is 2.41 bits per heavy atom. The van der Waals surface area contributed by atoms with E-state index in [9.17, 15) is 9.90 Å². The van der Waals surface area contributed by atoms with Gasteiger partial charge in [-0.05, 0) is 31.5 Å². The summed E-state index contributed by atoms with van der Waals surface area (Å²) in [5, 5.41) is 12.2. The molecule has 1 aromatic carbocycles. The minimum atomic E-state index is -0.735. The van der Waals surface area contributed by atoms with Gasteiger partial charge in [0.25, 0.3) is 0 Å². The van der Waals surface area contributed by atoms with Gasteiger partial charge in [0.15, 0.2) is 0 Å². The predicted octanol–water partition coefficient (Wildman–Crippen LogP) is 2.87. The van der Waals surface area contributed by atoms with E-state index in [1.165, 1.54) is 0 Å². The second-order valence-corrected chi connectivity index (χ2v) is 6.20. The van der Waals surface area contributed by atoms with Gasteiger partial charge in [0.1, 0.15) is 16.8 Å². The van der Waals surface area contributed by atoms with Crippen LogP contribution in [0.3, 0.4) is 0 Å². The van der Waals surface area contributed by atoms with Crippen molar-refractivity contribution < 1.29 is 14.6 Å². The summed E-state index contributed by atoms with van der Waals surface area (Å²) < 4.78 is 5.23. The molecule has 5 nitrogen and oxygen atoms in total. The highest BCUT2D eigenvalue weighted by molar-refractivity contribution is 7.13. The topological polar surface area (TPSA) is 62.7 Å². The molecule has 1 aliphatic heterocycles. The average molecular weight is 318 g/mol. The van der Waals surface area contributed by atoms with Crippen molar-refractivity contribution in [2.24, 2.45) is 0 Å². The number of aromatic nitrogens is 1. The summed E-state index contributed by atoms with van der Waals surface area (Å²) in [7, 11) is 1.64. The molecule has 0 spiro atoms. The smallest absolute Gasteiger partial charge is 0.320 e. The zero-order valence-electron chi connectivity index (χ0n) is 12.4. The Morgan fingerprint density at radius 3 is 3.18 bits per heavy atom. The molecule has 2 aromatic rings. The number of thiazole rings is 1. The molecule has 1 atom stereocenters. The number of carboxylic acid groups (broad SMARTS) is 1. The monoisotopic (exact) mass is 318 g/mol. The average Bonchev–Trinajstić information content (AvgIpc) is 3.17. The molecule has 22 heavy (non-hydrogen) atoms. The van der Waals surface area contributed by atoms with Crippen molar-refractivity contribution in [3.8, 4) is 16.3 Å². The molecule has 1 saturated heterocycles. The van der Waals surface area contributed by atoms with E-state index in [2.05, 4.69) is 4.98 Å². The highest BCUT2D eigenvalue weighted by atomic mass is 32.1. The zero-order valence-corrected chi connectivity index (χ0v) is 13.2. The van der Waals surface area contributed by atoms with E-state index in [1.807, 2.05) is 34.5 Å². The van der Waals surface area contributed by atoms with Gasteiger partial charge in [0, 0.05) is 17.5 Å². The Bertz CT molecular complexity index is 671. The van der Waals surface area contributed by atoms with E-state index >= 15 is 0 Å². The minimum Gasteiger partial charge on any atom is -0.497 e. The van der Waals surface area contributed by atoms with Gasteiger partial charge in [-0.15, -0.1) is 11.3 Å². The van der Waals surface area contributed by atoms with Crippen molar-refractivity contribution in [1.29, 1.82) is 0 Å². The SMILES string of the molecule is COc1cccc(-c2nc(CN3CCCC3C(=O)O)cs2)c1. The van der Waals surface area contributed by atoms with Crippen LogP contribution in [0.4, 0.5) is 0 Å².